The molecule has 6 nitrogen and oxygen atoms in total. The van der Waals surface area contributed by atoms with E-state index >= 15 is 0 Å². The number of benzene rings is 1. The van der Waals surface area contributed by atoms with Gasteiger partial charge in [-0.2, -0.15) is 10.5 Å². The Balaban J connectivity index is 2.62. The Labute approximate surface area is 97.3 Å². The van der Waals surface area contributed by atoms with Crippen molar-refractivity contribution in [3.8, 4) is 17.8 Å². The van der Waals surface area contributed by atoms with Crippen molar-refractivity contribution in [2.24, 2.45) is 0 Å². The molecule has 1 aromatic heterocycles. The maximum Gasteiger partial charge on any atom is 0.177 e. The molecule has 0 radical (unpaired) electrons. The van der Waals surface area contributed by atoms with Crippen LogP contribution in [0.25, 0.3) is 5.69 Å². The van der Waals surface area contributed by atoms with Crippen LogP contribution in [0.15, 0.2) is 24.5 Å². The third-order valence-corrected chi connectivity index (χ3v) is 2.33. The Morgan fingerprint density at radius 3 is 2.47 bits per heavy atom. The molecule has 1 aromatic carbocycles. The van der Waals surface area contributed by atoms with Crippen LogP contribution in [-0.4, -0.2) is 9.55 Å². The molecule has 6 heteroatoms. The van der Waals surface area contributed by atoms with Crippen LogP contribution >= 0.6 is 0 Å². The standard InChI is InChI=1S/C11H8N6/c12-4-10-11(5-13)17(6-16-10)7-1-2-8(14)9(15)3-7/h1-3,6H,14-15H2. The number of rotatable bonds is 1. The van der Waals surface area contributed by atoms with Crippen LogP contribution in [0.2, 0.25) is 0 Å². The van der Waals surface area contributed by atoms with Gasteiger partial charge in [0.05, 0.1) is 17.1 Å². The second-order valence-corrected chi connectivity index (χ2v) is 3.35. The second-order valence-electron chi connectivity index (χ2n) is 3.35. The Morgan fingerprint density at radius 1 is 1.12 bits per heavy atom. The molecule has 82 valence electrons. The lowest BCUT2D eigenvalue weighted by Crippen LogP contribution is -2.00. The summed E-state index contributed by atoms with van der Waals surface area (Å²) in [5.74, 6) is 0. The third kappa shape index (κ3) is 1.64. The van der Waals surface area contributed by atoms with Crippen LogP contribution in [-0.2, 0) is 0 Å². The molecule has 0 atom stereocenters. The summed E-state index contributed by atoms with van der Waals surface area (Å²) in [4.78, 5) is 3.84. The third-order valence-electron chi connectivity index (χ3n) is 2.33. The molecule has 2 rings (SSSR count). The predicted octanol–water partition coefficient (Wildman–Crippen LogP) is 0.780. The zero-order chi connectivity index (χ0) is 12.4. The number of anilines is 2. The van der Waals surface area contributed by atoms with Gasteiger partial charge in [0, 0.05) is 0 Å². The van der Waals surface area contributed by atoms with Gasteiger partial charge in [-0.05, 0) is 18.2 Å². The molecule has 17 heavy (non-hydrogen) atoms. The summed E-state index contributed by atoms with van der Waals surface area (Å²) in [5, 5.41) is 17.8. The van der Waals surface area contributed by atoms with E-state index in [0.29, 0.717) is 17.1 Å². The number of nitrogens with zero attached hydrogens (tertiary/aromatic N) is 4. The van der Waals surface area contributed by atoms with E-state index in [9.17, 15) is 0 Å². The fourth-order valence-electron chi connectivity index (χ4n) is 1.44. The summed E-state index contributed by atoms with van der Waals surface area (Å²) < 4.78 is 1.49. The average molecular weight is 224 g/mol. The van der Waals surface area contributed by atoms with Gasteiger partial charge in [-0.15, -0.1) is 0 Å². The molecule has 0 bridgehead atoms. The quantitative estimate of drug-likeness (QED) is 0.694. The van der Waals surface area contributed by atoms with E-state index in [1.54, 1.807) is 18.2 Å². The van der Waals surface area contributed by atoms with Crippen molar-refractivity contribution >= 4 is 11.4 Å². The first-order valence-electron chi connectivity index (χ1n) is 4.70. The summed E-state index contributed by atoms with van der Waals surface area (Å²) >= 11 is 0. The number of nitrogens with two attached hydrogens (primary N) is 2. The monoisotopic (exact) mass is 224 g/mol. The van der Waals surface area contributed by atoms with E-state index in [1.165, 1.54) is 10.9 Å². The first-order valence-corrected chi connectivity index (χ1v) is 4.70. The van der Waals surface area contributed by atoms with Gasteiger partial charge in [0.15, 0.2) is 11.4 Å². The van der Waals surface area contributed by atoms with E-state index in [0.717, 1.165) is 0 Å². The summed E-state index contributed by atoms with van der Waals surface area (Å²) in [6, 6.07) is 8.75. The highest BCUT2D eigenvalue weighted by atomic mass is 15.1. The summed E-state index contributed by atoms with van der Waals surface area (Å²) in [5.41, 5.74) is 13.1. The summed E-state index contributed by atoms with van der Waals surface area (Å²) in [7, 11) is 0. The molecule has 0 saturated heterocycles. The van der Waals surface area contributed by atoms with Gasteiger partial charge in [-0.1, -0.05) is 0 Å². The maximum absolute atomic E-state index is 8.99. The normalized spacial score (nSPS) is 9.53. The lowest BCUT2D eigenvalue weighted by Gasteiger charge is -2.06. The van der Waals surface area contributed by atoms with E-state index in [4.69, 9.17) is 22.0 Å². The van der Waals surface area contributed by atoms with E-state index in [1.807, 2.05) is 12.1 Å². The molecule has 0 unspecified atom stereocenters. The second kappa shape index (κ2) is 3.87. The number of nitrogen functional groups attached to an aromatic ring is 2. The lowest BCUT2D eigenvalue weighted by atomic mass is 10.2. The van der Waals surface area contributed by atoms with Crippen LogP contribution in [0.5, 0.6) is 0 Å². The Bertz CT molecular complexity index is 656. The molecule has 4 N–H and O–H groups in total. The van der Waals surface area contributed by atoms with Gasteiger partial charge >= 0.3 is 0 Å². The lowest BCUT2D eigenvalue weighted by molar-refractivity contribution is 1.04. The summed E-state index contributed by atoms with van der Waals surface area (Å²) in [6.45, 7) is 0. The van der Waals surface area contributed by atoms with Crippen LogP contribution < -0.4 is 11.5 Å². The molecular weight excluding hydrogens is 216 g/mol. The van der Waals surface area contributed by atoms with Crippen LogP contribution in [0.1, 0.15) is 11.4 Å². The molecule has 0 spiro atoms. The number of hydrogen-bond donors (Lipinski definition) is 2. The molecule has 2 aromatic rings. The van der Waals surface area contributed by atoms with Gasteiger partial charge in [0.1, 0.15) is 18.5 Å². The summed E-state index contributed by atoms with van der Waals surface area (Å²) in [6.07, 6.45) is 1.40. The smallest absolute Gasteiger partial charge is 0.177 e. The van der Waals surface area contributed by atoms with Crippen molar-refractivity contribution in [1.82, 2.24) is 9.55 Å². The SMILES string of the molecule is N#Cc1ncn(-c2ccc(N)c(N)c2)c1C#N. The zero-order valence-corrected chi connectivity index (χ0v) is 8.75. The Hall–Kier alpha value is -2.99. The number of nitriles is 2. The topological polar surface area (TPSA) is 117 Å². The molecule has 0 aliphatic rings. The molecule has 0 aliphatic heterocycles. The number of imidazole rings is 1. The first kappa shape index (κ1) is 10.5. The van der Waals surface area contributed by atoms with Gasteiger partial charge in [-0.25, -0.2) is 4.98 Å². The zero-order valence-electron chi connectivity index (χ0n) is 8.75. The molecule has 0 amide bonds. The molecule has 0 aliphatic carbocycles. The molecular formula is C11H8N6. The van der Waals surface area contributed by atoms with Crippen molar-refractivity contribution in [2.45, 2.75) is 0 Å². The van der Waals surface area contributed by atoms with Crippen molar-refractivity contribution in [1.29, 1.82) is 10.5 Å². The van der Waals surface area contributed by atoms with E-state index in [2.05, 4.69) is 4.98 Å². The minimum atomic E-state index is 0.0860. The minimum absolute atomic E-state index is 0.0860. The Kier molecular flexibility index (Phi) is 2.40. The minimum Gasteiger partial charge on any atom is -0.397 e. The van der Waals surface area contributed by atoms with Gasteiger partial charge < -0.3 is 11.5 Å². The number of hydrogen-bond acceptors (Lipinski definition) is 5. The maximum atomic E-state index is 8.99. The molecule has 1 heterocycles. The van der Waals surface area contributed by atoms with E-state index in [-0.39, 0.29) is 11.4 Å². The molecule has 0 saturated carbocycles. The van der Waals surface area contributed by atoms with Crippen molar-refractivity contribution in [3.05, 3.63) is 35.9 Å². The molecule has 0 fully saturated rings. The Morgan fingerprint density at radius 2 is 1.88 bits per heavy atom. The number of aromatic nitrogens is 2. The van der Waals surface area contributed by atoms with Gasteiger partial charge in [0.2, 0.25) is 0 Å². The highest BCUT2D eigenvalue weighted by Gasteiger charge is 2.11. The van der Waals surface area contributed by atoms with Crippen LogP contribution in [0.3, 0.4) is 0 Å². The average Bonchev–Trinajstić information content (AvgIpc) is 2.75. The predicted molar refractivity (Wildman–Crippen MR) is 61.8 cm³/mol. The first-order chi connectivity index (χ1) is 8.17. The van der Waals surface area contributed by atoms with Crippen molar-refractivity contribution < 1.29 is 0 Å². The van der Waals surface area contributed by atoms with Crippen LogP contribution in [0, 0.1) is 22.7 Å². The van der Waals surface area contributed by atoms with Crippen molar-refractivity contribution in [2.75, 3.05) is 11.5 Å². The van der Waals surface area contributed by atoms with Gasteiger partial charge in [0.25, 0.3) is 0 Å². The van der Waals surface area contributed by atoms with Crippen molar-refractivity contribution in [3.63, 3.8) is 0 Å². The fourth-order valence-corrected chi connectivity index (χ4v) is 1.44. The highest BCUT2D eigenvalue weighted by molar-refractivity contribution is 5.67. The fraction of sp³-hybridized carbons (Fsp3) is 0. The van der Waals surface area contributed by atoms with E-state index < -0.39 is 0 Å². The highest BCUT2D eigenvalue weighted by Crippen LogP contribution is 2.21. The van der Waals surface area contributed by atoms with Gasteiger partial charge in [-0.3, -0.25) is 4.57 Å². The largest absolute Gasteiger partial charge is 0.397 e. The van der Waals surface area contributed by atoms with Crippen LogP contribution in [0.4, 0.5) is 11.4 Å².